The summed E-state index contributed by atoms with van der Waals surface area (Å²) in [5.74, 6) is 0.0744. The van der Waals surface area contributed by atoms with Crippen LogP contribution < -0.4 is 5.73 Å². The first kappa shape index (κ1) is 11.7. The molecule has 0 aliphatic carbocycles. The Hall–Kier alpha value is -1.81. The van der Waals surface area contributed by atoms with Crippen LogP contribution >= 0.6 is 0 Å². The van der Waals surface area contributed by atoms with Gasteiger partial charge in [0.2, 0.25) is 0 Å². The minimum Gasteiger partial charge on any atom is -0.325 e. The van der Waals surface area contributed by atoms with Crippen LogP contribution in [0.4, 0.5) is 4.39 Å². The lowest BCUT2D eigenvalue weighted by Gasteiger charge is -2.09. The molecule has 4 heteroatoms. The second kappa shape index (κ2) is 4.59. The zero-order valence-corrected chi connectivity index (χ0v) is 9.87. The van der Waals surface area contributed by atoms with Gasteiger partial charge in [-0.1, -0.05) is 12.1 Å². The van der Waals surface area contributed by atoms with Crippen molar-refractivity contribution >= 4 is 0 Å². The average molecular weight is 231 g/mol. The predicted octanol–water partition coefficient (Wildman–Crippen LogP) is 2.36. The van der Waals surface area contributed by atoms with Crippen molar-refractivity contribution in [3.8, 4) is 11.4 Å². The quantitative estimate of drug-likeness (QED) is 0.863. The summed E-state index contributed by atoms with van der Waals surface area (Å²) in [6.07, 6.45) is 0. The first-order chi connectivity index (χ1) is 8.13. The van der Waals surface area contributed by atoms with Gasteiger partial charge in [-0.3, -0.25) is 0 Å². The largest absolute Gasteiger partial charge is 0.325 e. The van der Waals surface area contributed by atoms with Gasteiger partial charge in [0, 0.05) is 12.2 Å². The fourth-order valence-corrected chi connectivity index (χ4v) is 1.65. The summed E-state index contributed by atoms with van der Waals surface area (Å²) in [6.45, 7) is 4.12. The summed E-state index contributed by atoms with van der Waals surface area (Å²) in [5, 5.41) is 0. The number of benzene rings is 1. The van der Waals surface area contributed by atoms with Crippen molar-refractivity contribution in [2.75, 3.05) is 0 Å². The van der Waals surface area contributed by atoms with Crippen molar-refractivity contribution in [3.63, 3.8) is 0 Å². The second-order valence-corrected chi connectivity index (χ2v) is 3.89. The van der Waals surface area contributed by atoms with Crippen molar-refractivity contribution in [2.45, 2.75) is 20.4 Å². The Labute approximate surface area is 99.5 Å². The van der Waals surface area contributed by atoms with Crippen LogP contribution in [0.3, 0.4) is 0 Å². The van der Waals surface area contributed by atoms with Crippen LogP contribution in [0.2, 0.25) is 0 Å². The molecule has 0 saturated heterocycles. The Morgan fingerprint density at radius 2 is 1.88 bits per heavy atom. The molecule has 0 saturated carbocycles. The molecule has 1 heterocycles. The van der Waals surface area contributed by atoms with Gasteiger partial charge in [-0.25, -0.2) is 14.4 Å². The fourth-order valence-electron chi connectivity index (χ4n) is 1.65. The van der Waals surface area contributed by atoms with Gasteiger partial charge in [-0.2, -0.15) is 0 Å². The van der Waals surface area contributed by atoms with Gasteiger partial charge in [0.05, 0.1) is 11.3 Å². The predicted molar refractivity (Wildman–Crippen MR) is 64.8 cm³/mol. The van der Waals surface area contributed by atoms with E-state index in [0.29, 0.717) is 17.9 Å². The molecule has 17 heavy (non-hydrogen) atoms. The minimum absolute atomic E-state index is 0.321. The van der Waals surface area contributed by atoms with Gasteiger partial charge < -0.3 is 5.73 Å². The van der Waals surface area contributed by atoms with Crippen LogP contribution in [-0.4, -0.2) is 9.97 Å². The van der Waals surface area contributed by atoms with Gasteiger partial charge in [-0.05, 0) is 31.5 Å². The van der Waals surface area contributed by atoms with E-state index in [1.54, 1.807) is 18.2 Å². The van der Waals surface area contributed by atoms with Crippen molar-refractivity contribution in [1.29, 1.82) is 0 Å². The summed E-state index contributed by atoms with van der Waals surface area (Å²) >= 11 is 0. The lowest BCUT2D eigenvalue weighted by atomic mass is 10.1. The third-order valence-corrected chi connectivity index (χ3v) is 2.80. The van der Waals surface area contributed by atoms with Crippen LogP contribution in [0.5, 0.6) is 0 Å². The third-order valence-electron chi connectivity index (χ3n) is 2.80. The summed E-state index contributed by atoms with van der Waals surface area (Å²) in [5.41, 5.74) is 8.59. The molecule has 0 radical (unpaired) electrons. The van der Waals surface area contributed by atoms with E-state index in [9.17, 15) is 4.39 Å². The van der Waals surface area contributed by atoms with E-state index < -0.39 is 0 Å². The molecule has 2 aromatic rings. The average Bonchev–Trinajstić information content (AvgIpc) is 2.33. The number of nitrogens with two attached hydrogens (primary N) is 1. The topological polar surface area (TPSA) is 51.8 Å². The highest BCUT2D eigenvalue weighted by Crippen LogP contribution is 2.21. The number of hydrogen-bond acceptors (Lipinski definition) is 3. The van der Waals surface area contributed by atoms with Gasteiger partial charge in [0.15, 0.2) is 5.82 Å². The first-order valence-electron chi connectivity index (χ1n) is 5.42. The smallest absolute Gasteiger partial charge is 0.162 e. The highest BCUT2D eigenvalue weighted by Gasteiger charge is 2.11. The van der Waals surface area contributed by atoms with E-state index in [1.807, 2.05) is 13.8 Å². The molecule has 2 rings (SSSR count). The molecule has 1 aromatic heterocycles. The SMILES string of the molecule is Cc1nc(-c2ccccc2F)nc(CN)c1C. The number of hydrogen-bond donors (Lipinski definition) is 1. The summed E-state index contributed by atoms with van der Waals surface area (Å²) in [7, 11) is 0. The molecule has 0 unspecified atom stereocenters. The van der Waals surface area contributed by atoms with E-state index >= 15 is 0 Å². The van der Waals surface area contributed by atoms with Crippen LogP contribution in [0.15, 0.2) is 24.3 Å². The highest BCUT2D eigenvalue weighted by atomic mass is 19.1. The third kappa shape index (κ3) is 2.17. The Morgan fingerprint density at radius 1 is 1.18 bits per heavy atom. The van der Waals surface area contributed by atoms with E-state index in [0.717, 1.165) is 17.0 Å². The van der Waals surface area contributed by atoms with Crippen LogP contribution in [0.25, 0.3) is 11.4 Å². The summed E-state index contributed by atoms with van der Waals surface area (Å²) in [6, 6.07) is 6.47. The second-order valence-electron chi connectivity index (χ2n) is 3.89. The Kier molecular flexibility index (Phi) is 3.15. The summed E-state index contributed by atoms with van der Waals surface area (Å²) in [4.78, 5) is 8.61. The normalized spacial score (nSPS) is 10.6. The van der Waals surface area contributed by atoms with Crippen LogP contribution in [-0.2, 0) is 6.54 Å². The van der Waals surface area contributed by atoms with Gasteiger partial charge in [-0.15, -0.1) is 0 Å². The van der Waals surface area contributed by atoms with Crippen molar-refractivity contribution in [3.05, 3.63) is 47.0 Å². The molecule has 3 nitrogen and oxygen atoms in total. The summed E-state index contributed by atoms with van der Waals surface area (Å²) < 4.78 is 13.6. The molecule has 0 aliphatic rings. The maximum absolute atomic E-state index is 13.6. The molecule has 2 N–H and O–H groups in total. The highest BCUT2D eigenvalue weighted by molar-refractivity contribution is 5.56. The molecule has 88 valence electrons. The molecular formula is C13H14FN3. The standard InChI is InChI=1S/C13H14FN3/c1-8-9(2)16-13(17-12(8)7-15)10-5-3-4-6-11(10)14/h3-6H,7,15H2,1-2H3. The number of rotatable bonds is 2. The molecule has 0 atom stereocenters. The monoisotopic (exact) mass is 231 g/mol. The van der Waals surface area contributed by atoms with Crippen molar-refractivity contribution in [2.24, 2.45) is 5.73 Å². The zero-order valence-electron chi connectivity index (χ0n) is 9.87. The lowest BCUT2D eigenvalue weighted by molar-refractivity contribution is 0.629. The van der Waals surface area contributed by atoms with Gasteiger partial charge in [0.1, 0.15) is 5.82 Å². The number of aryl methyl sites for hydroxylation is 1. The Bertz CT molecular complexity index is 552. The maximum Gasteiger partial charge on any atom is 0.162 e. The van der Waals surface area contributed by atoms with E-state index in [1.165, 1.54) is 6.07 Å². The van der Waals surface area contributed by atoms with Crippen molar-refractivity contribution in [1.82, 2.24) is 9.97 Å². The zero-order chi connectivity index (χ0) is 12.4. The fraction of sp³-hybridized carbons (Fsp3) is 0.231. The molecule has 0 aliphatic heterocycles. The first-order valence-corrected chi connectivity index (χ1v) is 5.42. The molecular weight excluding hydrogens is 217 g/mol. The van der Waals surface area contributed by atoms with Gasteiger partial charge >= 0.3 is 0 Å². The van der Waals surface area contributed by atoms with E-state index in [2.05, 4.69) is 9.97 Å². The molecule has 0 amide bonds. The number of nitrogens with zero attached hydrogens (tertiary/aromatic N) is 2. The van der Waals surface area contributed by atoms with Crippen LogP contribution in [0, 0.1) is 19.7 Å². The molecule has 1 aromatic carbocycles. The lowest BCUT2D eigenvalue weighted by Crippen LogP contribution is -2.07. The van der Waals surface area contributed by atoms with Crippen LogP contribution in [0.1, 0.15) is 17.0 Å². The minimum atomic E-state index is -0.321. The molecule has 0 fully saturated rings. The van der Waals surface area contributed by atoms with E-state index in [4.69, 9.17) is 5.73 Å². The van der Waals surface area contributed by atoms with E-state index in [-0.39, 0.29) is 5.82 Å². The molecule has 0 bridgehead atoms. The molecule has 0 spiro atoms. The van der Waals surface area contributed by atoms with Gasteiger partial charge in [0.25, 0.3) is 0 Å². The number of halogens is 1. The Morgan fingerprint density at radius 3 is 2.53 bits per heavy atom. The number of aromatic nitrogens is 2. The van der Waals surface area contributed by atoms with Crippen molar-refractivity contribution < 1.29 is 4.39 Å². The Balaban J connectivity index is 2.61. The maximum atomic E-state index is 13.6.